The number of nitrogens with zero attached hydrogens (tertiary/aromatic N) is 2. The average molecular weight is 418 g/mol. The first-order chi connectivity index (χ1) is 13.7. The third-order valence-electron chi connectivity index (χ3n) is 4.13. The highest BCUT2D eigenvalue weighted by Gasteiger charge is 2.30. The van der Waals surface area contributed by atoms with Gasteiger partial charge in [0.1, 0.15) is 5.75 Å². The summed E-state index contributed by atoms with van der Waals surface area (Å²) in [6, 6.07) is 14.7. The van der Waals surface area contributed by atoms with E-state index in [2.05, 4.69) is 9.97 Å². The highest BCUT2D eigenvalue weighted by Crippen LogP contribution is 2.32. The number of aromatic nitrogens is 2. The lowest BCUT2D eigenvalue weighted by atomic mass is 10.1. The molecule has 3 nitrogen and oxygen atoms in total. The van der Waals surface area contributed by atoms with Gasteiger partial charge in [0, 0.05) is 11.8 Å². The Morgan fingerprint density at radius 1 is 1.00 bits per heavy atom. The van der Waals surface area contributed by atoms with Gasteiger partial charge in [-0.05, 0) is 42.2 Å². The van der Waals surface area contributed by atoms with Crippen molar-refractivity contribution in [2.24, 2.45) is 0 Å². The van der Waals surface area contributed by atoms with Crippen molar-refractivity contribution in [2.45, 2.75) is 43.8 Å². The highest BCUT2D eigenvalue weighted by atomic mass is 32.2. The summed E-state index contributed by atoms with van der Waals surface area (Å²) in [6.07, 6.45) is -4.36. The Labute approximate surface area is 172 Å². The molecule has 0 aliphatic rings. The third kappa shape index (κ3) is 5.97. The van der Waals surface area contributed by atoms with Gasteiger partial charge in [0.2, 0.25) is 5.88 Å². The summed E-state index contributed by atoms with van der Waals surface area (Å²) < 4.78 is 44.6. The second-order valence-electron chi connectivity index (χ2n) is 6.97. The first-order valence-corrected chi connectivity index (χ1v) is 10.1. The minimum absolute atomic E-state index is 0.158. The fourth-order valence-electron chi connectivity index (χ4n) is 2.62. The highest BCUT2D eigenvalue weighted by molar-refractivity contribution is 7.98. The van der Waals surface area contributed by atoms with Crippen LogP contribution in [0.2, 0.25) is 0 Å². The zero-order valence-corrected chi connectivity index (χ0v) is 17.1. The van der Waals surface area contributed by atoms with E-state index < -0.39 is 11.7 Å². The molecule has 0 N–H and O–H groups in total. The van der Waals surface area contributed by atoms with E-state index in [0.29, 0.717) is 28.1 Å². The SMILES string of the molecule is Cc1cccc(Oc2cc(C(C)C)nc(SCc3cccc(C(F)(F)F)c3)n2)c1. The molecule has 0 amide bonds. The molecule has 0 fully saturated rings. The molecule has 0 unspecified atom stereocenters. The standard InChI is InChI=1S/C22H21F3N2OS/c1-14(2)19-12-20(28-18-9-4-6-15(3)10-18)27-21(26-19)29-13-16-7-5-8-17(11-16)22(23,24)25/h4-12,14H,13H2,1-3H3. The van der Waals surface area contributed by atoms with E-state index in [1.165, 1.54) is 17.8 Å². The van der Waals surface area contributed by atoms with Crippen LogP contribution in [0.25, 0.3) is 0 Å². The molecule has 0 radical (unpaired) electrons. The number of rotatable bonds is 6. The van der Waals surface area contributed by atoms with Gasteiger partial charge in [-0.25, -0.2) is 4.98 Å². The van der Waals surface area contributed by atoms with Crippen molar-refractivity contribution in [2.75, 3.05) is 0 Å². The molecular weight excluding hydrogens is 397 g/mol. The molecule has 0 saturated carbocycles. The van der Waals surface area contributed by atoms with Crippen molar-refractivity contribution in [1.82, 2.24) is 9.97 Å². The molecule has 3 rings (SSSR count). The van der Waals surface area contributed by atoms with E-state index in [9.17, 15) is 13.2 Å². The topological polar surface area (TPSA) is 35.0 Å². The van der Waals surface area contributed by atoms with E-state index in [0.717, 1.165) is 23.4 Å². The van der Waals surface area contributed by atoms with Crippen molar-refractivity contribution in [3.63, 3.8) is 0 Å². The lowest BCUT2D eigenvalue weighted by Gasteiger charge is -2.12. The Morgan fingerprint density at radius 3 is 2.45 bits per heavy atom. The maximum atomic E-state index is 12.9. The van der Waals surface area contributed by atoms with Crippen LogP contribution >= 0.6 is 11.8 Å². The van der Waals surface area contributed by atoms with Crippen LogP contribution in [-0.4, -0.2) is 9.97 Å². The van der Waals surface area contributed by atoms with Crippen molar-refractivity contribution in [3.05, 3.63) is 77.0 Å². The lowest BCUT2D eigenvalue weighted by Crippen LogP contribution is -2.05. The molecule has 152 valence electrons. The van der Waals surface area contributed by atoms with Gasteiger partial charge in [0.05, 0.1) is 11.3 Å². The molecule has 29 heavy (non-hydrogen) atoms. The smallest absolute Gasteiger partial charge is 0.416 e. The van der Waals surface area contributed by atoms with Gasteiger partial charge in [-0.1, -0.05) is 55.9 Å². The van der Waals surface area contributed by atoms with Crippen LogP contribution in [0.5, 0.6) is 11.6 Å². The second-order valence-corrected chi connectivity index (χ2v) is 7.92. The number of thioether (sulfide) groups is 1. The van der Waals surface area contributed by atoms with Crippen molar-refractivity contribution in [1.29, 1.82) is 0 Å². The van der Waals surface area contributed by atoms with Gasteiger partial charge in [0.25, 0.3) is 0 Å². The summed E-state index contributed by atoms with van der Waals surface area (Å²) in [6.45, 7) is 6.00. The van der Waals surface area contributed by atoms with Crippen molar-refractivity contribution < 1.29 is 17.9 Å². The van der Waals surface area contributed by atoms with Crippen molar-refractivity contribution in [3.8, 4) is 11.6 Å². The fourth-order valence-corrected chi connectivity index (χ4v) is 3.42. The van der Waals surface area contributed by atoms with Crippen LogP contribution in [0.15, 0.2) is 59.8 Å². The monoisotopic (exact) mass is 418 g/mol. The number of aryl methyl sites for hydroxylation is 1. The number of hydrogen-bond acceptors (Lipinski definition) is 4. The van der Waals surface area contributed by atoms with Gasteiger partial charge in [-0.2, -0.15) is 18.2 Å². The normalized spacial score (nSPS) is 11.7. The lowest BCUT2D eigenvalue weighted by molar-refractivity contribution is -0.137. The molecule has 2 aromatic carbocycles. The van der Waals surface area contributed by atoms with Gasteiger partial charge in [0.15, 0.2) is 5.16 Å². The van der Waals surface area contributed by atoms with E-state index in [-0.39, 0.29) is 5.92 Å². The van der Waals surface area contributed by atoms with E-state index in [4.69, 9.17) is 4.74 Å². The minimum atomic E-state index is -4.36. The number of alkyl halides is 3. The number of halogens is 3. The Balaban J connectivity index is 1.81. The van der Waals surface area contributed by atoms with Crippen LogP contribution in [-0.2, 0) is 11.9 Å². The van der Waals surface area contributed by atoms with Gasteiger partial charge >= 0.3 is 6.18 Å². The predicted molar refractivity (Wildman–Crippen MR) is 108 cm³/mol. The van der Waals surface area contributed by atoms with E-state index >= 15 is 0 Å². The van der Waals surface area contributed by atoms with Crippen LogP contribution in [0.4, 0.5) is 13.2 Å². The fraction of sp³-hybridized carbons (Fsp3) is 0.273. The van der Waals surface area contributed by atoms with E-state index in [1.807, 2.05) is 45.0 Å². The van der Waals surface area contributed by atoms with Gasteiger partial charge < -0.3 is 4.74 Å². The first-order valence-electron chi connectivity index (χ1n) is 9.13. The summed E-state index contributed by atoms with van der Waals surface area (Å²) in [5.74, 6) is 1.58. The molecule has 0 bridgehead atoms. The maximum Gasteiger partial charge on any atom is 0.416 e. The zero-order chi connectivity index (χ0) is 21.0. The maximum absolute atomic E-state index is 12.9. The summed E-state index contributed by atoms with van der Waals surface area (Å²) in [4.78, 5) is 8.96. The molecule has 0 atom stereocenters. The Kier molecular flexibility index (Phi) is 6.47. The summed E-state index contributed by atoms with van der Waals surface area (Å²) in [5, 5.41) is 0.469. The van der Waals surface area contributed by atoms with Crippen LogP contribution in [0.1, 0.15) is 42.1 Å². The first kappa shape index (κ1) is 21.2. The summed E-state index contributed by atoms with van der Waals surface area (Å²) in [5.41, 5.74) is 1.79. The number of benzene rings is 2. The molecule has 0 aliphatic carbocycles. The Morgan fingerprint density at radius 2 is 1.76 bits per heavy atom. The summed E-state index contributed by atoms with van der Waals surface area (Å²) in [7, 11) is 0. The van der Waals surface area contributed by atoms with Crippen LogP contribution in [0.3, 0.4) is 0 Å². The molecular formula is C22H21F3N2OS. The largest absolute Gasteiger partial charge is 0.439 e. The molecule has 0 spiro atoms. The second kappa shape index (κ2) is 8.86. The number of hydrogen-bond donors (Lipinski definition) is 0. The van der Waals surface area contributed by atoms with Crippen LogP contribution in [0, 0.1) is 6.92 Å². The van der Waals surface area contributed by atoms with Gasteiger partial charge in [-0.15, -0.1) is 0 Å². The molecule has 7 heteroatoms. The molecule has 1 heterocycles. The molecule has 3 aromatic rings. The molecule has 1 aromatic heterocycles. The third-order valence-corrected chi connectivity index (χ3v) is 5.05. The van der Waals surface area contributed by atoms with Gasteiger partial charge in [-0.3, -0.25) is 0 Å². The number of ether oxygens (including phenoxy) is 1. The molecule has 0 saturated heterocycles. The zero-order valence-electron chi connectivity index (χ0n) is 16.3. The Hall–Kier alpha value is -2.54. The van der Waals surface area contributed by atoms with Crippen molar-refractivity contribution >= 4 is 11.8 Å². The summed E-state index contributed by atoms with van der Waals surface area (Å²) >= 11 is 1.28. The molecule has 0 aliphatic heterocycles. The minimum Gasteiger partial charge on any atom is -0.439 e. The van der Waals surface area contributed by atoms with Crippen LogP contribution < -0.4 is 4.74 Å². The average Bonchev–Trinajstić information content (AvgIpc) is 2.66. The van der Waals surface area contributed by atoms with E-state index in [1.54, 1.807) is 12.1 Å². The Bertz CT molecular complexity index is 990. The predicted octanol–water partition coefficient (Wildman–Crippen LogP) is 7.01. The quantitative estimate of drug-likeness (QED) is 0.318.